The first-order valence-corrected chi connectivity index (χ1v) is 10.4. The molecule has 0 saturated heterocycles. The van der Waals surface area contributed by atoms with Crippen molar-refractivity contribution in [2.24, 2.45) is 5.92 Å². The molecule has 0 atom stereocenters. The Balaban J connectivity index is 1.59. The first kappa shape index (κ1) is 20.6. The fourth-order valence-corrected chi connectivity index (χ4v) is 4.36. The number of benzene rings is 3. The van der Waals surface area contributed by atoms with E-state index in [0.717, 1.165) is 30.3 Å². The van der Waals surface area contributed by atoms with Gasteiger partial charge < -0.3 is 0 Å². The SMILES string of the molecule is [B]=Cc1ccc(-c2ccc(-c3ccc(C4CCC(C)CC4)cc3F)cc2)c(F)c1F. The van der Waals surface area contributed by atoms with Crippen molar-refractivity contribution in [1.29, 1.82) is 0 Å². The molecule has 1 aliphatic carbocycles. The van der Waals surface area contributed by atoms with Crippen molar-refractivity contribution < 1.29 is 13.2 Å². The Morgan fingerprint density at radius 3 is 1.97 bits per heavy atom. The van der Waals surface area contributed by atoms with Crippen molar-refractivity contribution in [1.82, 2.24) is 0 Å². The Bertz CT molecular complexity index is 1060. The monoisotopic (exact) mass is 403 g/mol. The minimum absolute atomic E-state index is 0.0162. The molecule has 0 unspecified atom stereocenters. The summed E-state index contributed by atoms with van der Waals surface area (Å²) < 4.78 is 43.2. The van der Waals surface area contributed by atoms with Crippen LogP contribution in [0.15, 0.2) is 54.6 Å². The molecule has 0 N–H and O–H groups in total. The Morgan fingerprint density at radius 2 is 1.37 bits per heavy atom. The van der Waals surface area contributed by atoms with Crippen LogP contribution in [0.5, 0.6) is 0 Å². The molecule has 3 aromatic rings. The maximum absolute atomic E-state index is 14.9. The van der Waals surface area contributed by atoms with E-state index in [-0.39, 0.29) is 16.9 Å². The van der Waals surface area contributed by atoms with E-state index in [1.54, 1.807) is 30.3 Å². The Kier molecular flexibility index (Phi) is 5.94. The molecule has 1 aliphatic rings. The Morgan fingerprint density at radius 1 is 0.767 bits per heavy atom. The van der Waals surface area contributed by atoms with Crippen LogP contribution in [0.4, 0.5) is 13.2 Å². The third-order valence-corrected chi connectivity index (χ3v) is 6.28. The predicted octanol–water partition coefficient (Wildman–Crippen LogP) is 7.05. The van der Waals surface area contributed by atoms with Gasteiger partial charge in [0.15, 0.2) is 0 Å². The van der Waals surface area contributed by atoms with Crippen LogP contribution in [-0.4, -0.2) is 13.5 Å². The van der Waals surface area contributed by atoms with Gasteiger partial charge in [0, 0.05) is 0 Å². The van der Waals surface area contributed by atoms with E-state index in [1.165, 1.54) is 25.0 Å². The molecule has 151 valence electrons. The van der Waals surface area contributed by atoms with E-state index >= 15 is 0 Å². The fraction of sp³-hybridized carbons (Fsp3) is 0.269. The molecule has 1 fully saturated rings. The average molecular weight is 403 g/mol. The summed E-state index contributed by atoms with van der Waals surface area (Å²) in [6.07, 6.45) is 4.60. The molecule has 0 amide bonds. The van der Waals surface area contributed by atoms with Gasteiger partial charge in [-0.2, -0.15) is 0 Å². The first-order chi connectivity index (χ1) is 14.5. The van der Waals surface area contributed by atoms with E-state index < -0.39 is 11.6 Å². The molecule has 0 nitrogen and oxygen atoms in total. The van der Waals surface area contributed by atoms with Crippen LogP contribution in [0.1, 0.15) is 49.7 Å². The van der Waals surface area contributed by atoms with Gasteiger partial charge >= 0.3 is 126 Å². The van der Waals surface area contributed by atoms with Crippen molar-refractivity contribution >= 4 is 13.5 Å². The standard InChI is InChI=1S/C26H23BF3/c1-16-2-4-17(5-3-16)20-10-12-22(24(28)14-20)18-6-8-19(9-7-18)23-13-11-21(15-27)25(29)26(23)30/h6-17H,2-5H2,1H3. The number of hydrogen-bond donors (Lipinski definition) is 0. The number of hydrogen-bond acceptors (Lipinski definition) is 0. The molecule has 0 heterocycles. The summed E-state index contributed by atoms with van der Waals surface area (Å²) in [5.41, 5.74) is 2.96. The summed E-state index contributed by atoms with van der Waals surface area (Å²) in [5, 5.41) is 0. The molecule has 3 aromatic carbocycles. The van der Waals surface area contributed by atoms with Crippen molar-refractivity contribution in [2.45, 2.75) is 38.5 Å². The van der Waals surface area contributed by atoms with Gasteiger partial charge in [0.2, 0.25) is 0 Å². The second kappa shape index (κ2) is 8.63. The van der Waals surface area contributed by atoms with Gasteiger partial charge in [-0.15, -0.1) is 0 Å². The van der Waals surface area contributed by atoms with Crippen LogP contribution in [0.25, 0.3) is 22.3 Å². The van der Waals surface area contributed by atoms with Crippen LogP contribution in [0, 0.1) is 23.4 Å². The molecular weight excluding hydrogens is 380 g/mol. The molecule has 4 rings (SSSR count). The van der Waals surface area contributed by atoms with E-state index in [4.69, 9.17) is 7.49 Å². The van der Waals surface area contributed by atoms with Crippen molar-refractivity contribution in [2.75, 3.05) is 0 Å². The summed E-state index contributed by atoms with van der Waals surface area (Å²) in [7, 11) is 5.30. The third-order valence-electron chi connectivity index (χ3n) is 6.28. The molecule has 1 saturated carbocycles. The summed E-state index contributed by atoms with van der Waals surface area (Å²) >= 11 is 0. The van der Waals surface area contributed by atoms with Crippen LogP contribution in [0.3, 0.4) is 0 Å². The van der Waals surface area contributed by atoms with Crippen LogP contribution < -0.4 is 0 Å². The summed E-state index contributed by atoms with van der Waals surface area (Å²) in [4.78, 5) is 0. The van der Waals surface area contributed by atoms with Gasteiger partial charge in [0.25, 0.3) is 0 Å². The number of halogens is 3. The summed E-state index contributed by atoms with van der Waals surface area (Å²) in [5.74, 6) is 0.0487. The number of rotatable bonds is 4. The van der Waals surface area contributed by atoms with Crippen molar-refractivity contribution in [3.63, 3.8) is 0 Å². The zero-order valence-corrected chi connectivity index (χ0v) is 17.0. The molecule has 0 bridgehead atoms. The van der Waals surface area contributed by atoms with E-state index in [2.05, 4.69) is 6.92 Å². The molecule has 1 radical (unpaired) electrons. The van der Waals surface area contributed by atoms with Gasteiger partial charge in [-0.05, 0) is 30.2 Å². The zero-order chi connectivity index (χ0) is 21.3. The van der Waals surface area contributed by atoms with Gasteiger partial charge in [0.1, 0.15) is 0 Å². The van der Waals surface area contributed by atoms with Crippen LogP contribution >= 0.6 is 0 Å². The summed E-state index contributed by atoms with van der Waals surface area (Å²) in [6, 6.07) is 15.2. The zero-order valence-electron chi connectivity index (χ0n) is 17.0. The third kappa shape index (κ3) is 4.01. The molecular formula is C26H23BF3. The van der Waals surface area contributed by atoms with Crippen molar-refractivity contribution in [3.05, 3.63) is 83.2 Å². The summed E-state index contributed by atoms with van der Waals surface area (Å²) in [6.45, 7) is 2.27. The van der Waals surface area contributed by atoms with E-state index in [9.17, 15) is 13.2 Å². The normalized spacial score (nSPS) is 18.9. The molecule has 30 heavy (non-hydrogen) atoms. The fourth-order valence-electron chi connectivity index (χ4n) is 4.36. The van der Waals surface area contributed by atoms with Gasteiger partial charge in [0.05, 0.1) is 0 Å². The molecule has 4 heteroatoms. The van der Waals surface area contributed by atoms with E-state index in [0.29, 0.717) is 22.6 Å². The Hall–Kier alpha value is -2.62. The quantitative estimate of drug-likeness (QED) is 0.410. The first-order valence-electron chi connectivity index (χ1n) is 10.4. The second-order valence-electron chi connectivity index (χ2n) is 8.27. The van der Waals surface area contributed by atoms with Crippen LogP contribution in [-0.2, 0) is 0 Å². The molecule has 0 aliphatic heterocycles. The topological polar surface area (TPSA) is 0 Å². The van der Waals surface area contributed by atoms with Crippen molar-refractivity contribution in [3.8, 4) is 22.3 Å². The Labute approximate surface area is 176 Å². The van der Waals surface area contributed by atoms with Gasteiger partial charge in [-0.3, -0.25) is 0 Å². The van der Waals surface area contributed by atoms with Gasteiger partial charge in [-0.25, -0.2) is 0 Å². The average Bonchev–Trinajstić information content (AvgIpc) is 2.76. The van der Waals surface area contributed by atoms with Crippen LogP contribution in [0.2, 0.25) is 0 Å². The predicted molar refractivity (Wildman–Crippen MR) is 118 cm³/mol. The molecule has 0 aromatic heterocycles. The van der Waals surface area contributed by atoms with E-state index in [1.807, 2.05) is 12.1 Å². The maximum atomic E-state index is 14.9. The second-order valence-corrected chi connectivity index (χ2v) is 8.27. The van der Waals surface area contributed by atoms with Gasteiger partial charge in [-0.1, -0.05) is 19.8 Å². The molecule has 0 spiro atoms. The minimum atomic E-state index is -0.974.